The van der Waals surface area contributed by atoms with E-state index in [-0.39, 0.29) is 18.1 Å². The van der Waals surface area contributed by atoms with Crippen LogP contribution in [-0.4, -0.2) is 34.7 Å². The standard InChI is InChI=1S/C14H19NO4/c1-10(16)15-8-7-12(17)11(9-15)5-6-13(18)19-14(2,3)4/h5-6,9H,7-8H2,1-4H3/b6-5+. The monoisotopic (exact) mass is 265 g/mol. The Kier molecular flexibility index (Phi) is 4.64. The van der Waals surface area contributed by atoms with E-state index in [1.54, 1.807) is 20.8 Å². The number of rotatable bonds is 2. The quantitative estimate of drug-likeness (QED) is 0.562. The lowest BCUT2D eigenvalue weighted by Gasteiger charge is -2.21. The third-order valence-corrected chi connectivity index (χ3v) is 2.41. The molecule has 0 unspecified atom stereocenters. The zero-order valence-electron chi connectivity index (χ0n) is 11.7. The summed E-state index contributed by atoms with van der Waals surface area (Å²) in [5.74, 6) is -0.728. The van der Waals surface area contributed by atoms with Crippen LogP contribution in [0.25, 0.3) is 0 Å². The van der Waals surface area contributed by atoms with E-state index in [1.807, 2.05) is 0 Å². The Morgan fingerprint density at radius 2 is 2.00 bits per heavy atom. The second kappa shape index (κ2) is 5.82. The number of hydrogen-bond donors (Lipinski definition) is 0. The molecule has 0 bridgehead atoms. The fourth-order valence-corrected chi connectivity index (χ4v) is 1.55. The highest BCUT2D eigenvalue weighted by molar-refractivity contribution is 6.01. The first-order chi connectivity index (χ1) is 8.69. The molecule has 1 amide bonds. The molecule has 104 valence electrons. The maximum atomic E-state index is 11.7. The smallest absolute Gasteiger partial charge is 0.331 e. The number of carbonyl (C=O) groups is 3. The SMILES string of the molecule is CC(=O)N1C=C(/C=C/C(=O)OC(C)(C)C)C(=O)CC1. The van der Waals surface area contributed by atoms with Crippen LogP contribution in [0.5, 0.6) is 0 Å². The van der Waals surface area contributed by atoms with Gasteiger partial charge in [0.25, 0.3) is 0 Å². The maximum absolute atomic E-state index is 11.7. The second-order valence-corrected chi connectivity index (χ2v) is 5.34. The molecule has 1 heterocycles. The molecule has 0 atom stereocenters. The maximum Gasteiger partial charge on any atom is 0.331 e. The van der Waals surface area contributed by atoms with E-state index < -0.39 is 11.6 Å². The highest BCUT2D eigenvalue weighted by Crippen LogP contribution is 2.13. The van der Waals surface area contributed by atoms with Gasteiger partial charge in [-0.2, -0.15) is 0 Å². The fourth-order valence-electron chi connectivity index (χ4n) is 1.55. The molecule has 5 heteroatoms. The molecule has 1 aliphatic rings. The minimum absolute atomic E-state index is 0.0858. The van der Waals surface area contributed by atoms with Crippen molar-refractivity contribution in [3.63, 3.8) is 0 Å². The molecule has 0 aromatic carbocycles. The van der Waals surface area contributed by atoms with Crippen molar-refractivity contribution in [2.45, 2.75) is 39.7 Å². The van der Waals surface area contributed by atoms with Crippen molar-refractivity contribution in [1.29, 1.82) is 0 Å². The summed E-state index contributed by atoms with van der Waals surface area (Å²) in [5.41, 5.74) is -0.232. The number of carbonyl (C=O) groups excluding carboxylic acids is 3. The molecule has 0 N–H and O–H groups in total. The molecular formula is C14H19NO4. The number of allylic oxidation sites excluding steroid dienone is 2. The van der Waals surface area contributed by atoms with Gasteiger partial charge in [0.1, 0.15) is 5.60 Å². The lowest BCUT2D eigenvalue weighted by molar-refractivity contribution is -0.148. The van der Waals surface area contributed by atoms with Crippen molar-refractivity contribution < 1.29 is 19.1 Å². The summed E-state index contributed by atoms with van der Waals surface area (Å²) in [4.78, 5) is 35.8. The predicted octanol–water partition coefficient (Wildman–Crippen LogP) is 1.59. The first-order valence-electron chi connectivity index (χ1n) is 6.12. The number of hydrogen-bond acceptors (Lipinski definition) is 4. The zero-order chi connectivity index (χ0) is 14.6. The summed E-state index contributed by atoms with van der Waals surface area (Å²) in [6.45, 7) is 7.11. The Bertz CT molecular complexity index is 455. The Morgan fingerprint density at radius 1 is 1.37 bits per heavy atom. The topological polar surface area (TPSA) is 63.7 Å². The van der Waals surface area contributed by atoms with Gasteiger partial charge in [0.05, 0.1) is 0 Å². The fraction of sp³-hybridized carbons (Fsp3) is 0.500. The number of Topliss-reactive ketones (excluding diaryl/α,β-unsaturated/α-hetero) is 1. The summed E-state index contributed by atoms with van der Waals surface area (Å²) in [6, 6.07) is 0. The van der Waals surface area contributed by atoms with E-state index in [9.17, 15) is 14.4 Å². The molecule has 0 aliphatic carbocycles. The molecule has 5 nitrogen and oxygen atoms in total. The molecule has 0 saturated heterocycles. The average molecular weight is 265 g/mol. The van der Waals surface area contributed by atoms with E-state index >= 15 is 0 Å². The first-order valence-corrected chi connectivity index (χ1v) is 6.12. The Labute approximate surface area is 112 Å². The molecule has 0 fully saturated rings. The van der Waals surface area contributed by atoms with Crippen LogP contribution in [-0.2, 0) is 19.1 Å². The van der Waals surface area contributed by atoms with Crippen LogP contribution in [0.4, 0.5) is 0 Å². The van der Waals surface area contributed by atoms with Crippen molar-refractivity contribution in [3.05, 3.63) is 23.9 Å². The van der Waals surface area contributed by atoms with Gasteiger partial charge in [-0.1, -0.05) is 0 Å². The van der Waals surface area contributed by atoms with Gasteiger partial charge in [-0.05, 0) is 26.8 Å². The molecule has 1 rings (SSSR count). The summed E-state index contributed by atoms with van der Waals surface area (Å²) in [6.07, 6.45) is 4.34. The van der Waals surface area contributed by atoms with Crippen LogP contribution < -0.4 is 0 Å². The highest BCUT2D eigenvalue weighted by Gasteiger charge is 2.19. The van der Waals surface area contributed by atoms with Gasteiger partial charge in [0.2, 0.25) is 5.91 Å². The van der Waals surface area contributed by atoms with E-state index in [2.05, 4.69) is 0 Å². The van der Waals surface area contributed by atoms with Crippen molar-refractivity contribution >= 4 is 17.7 Å². The van der Waals surface area contributed by atoms with Crippen LogP contribution in [0.15, 0.2) is 23.9 Å². The van der Waals surface area contributed by atoms with Crippen LogP contribution >= 0.6 is 0 Å². The Balaban J connectivity index is 2.76. The highest BCUT2D eigenvalue weighted by atomic mass is 16.6. The molecule has 0 spiro atoms. The Morgan fingerprint density at radius 3 is 2.53 bits per heavy atom. The predicted molar refractivity (Wildman–Crippen MR) is 70.1 cm³/mol. The van der Waals surface area contributed by atoms with E-state index in [0.717, 1.165) is 0 Å². The summed E-state index contributed by atoms with van der Waals surface area (Å²) >= 11 is 0. The number of amides is 1. The molecule has 0 saturated carbocycles. The molecule has 0 radical (unpaired) electrons. The Hall–Kier alpha value is -1.91. The largest absolute Gasteiger partial charge is 0.457 e. The first kappa shape index (κ1) is 15.1. The van der Waals surface area contributed by atoms with E-state index in [1.165, 1.54) is 30.2 Å². The minimum Gasteiger partial charge on any atom is -0.457 e. The second-order valence-electron chi connectivity index (χ2n) is 5.34. The van der Waals surface area contributed by atoms with Gasteiger partial charge < -0.3 is 9.64 Å². The van der Waals surface area contributed by atoms with E-state index in [4.69, 9.17) is 4.74 Å². The summed E-state index contributed by atoms with van der Waals surface area (Å²) in [5, 5.41) is 0. The molecule has 0 aromatic heterocycles. The lowest BCUT2D eigenvalue weighted by atomic mass is 10.1. The number of ketones is 1. The summed E-state index contributed by atoms with van der Waals surface area (Å²) in [7, 11) is 0. The van der Waals surface area contributed by atoms with Gasteiger partial charge in [-0.15, -0.1) is 0 Å². The van der Waals surface area contributed by atoms with Gasteiger partial charge in [0.15, 0.2) is 5.78 Å². The van der Waals surface area contributed by atoms with Crippen LogP contribution in [0.3, 0.4) is 0 Å². The van der Waals surface area contributed by atoms with Crippen molar-refractivity contribution in [3.8, 4) is 0 Å². The van der Waals surface area contributed by atoms with Gasteiger partial charge in [-0.3, -0.25) is 9.59 Å². The lowest BCUT2D eigenvalue weighted by Crippen LogP contribution is -2.30. The molecule has 1 aliphatic heterocycles. The van der Waals surface area contributed by atoms with Crippen LogP contribution in [0.1, 0.15) is 34.1 Å². The van der Waals surface area contributed by atoms with Gasteiger partial charge in [-0.25, -0.2) is 4.79 Å². The third kappa shape index (κ3) is 5.07. The van der Waals surface area contributed by atoms with Crippen LogP contribution in [0, 0.1) is 0 Å². The average Bonchev–Trinajstić information content (AvgIpc) is 2.25. The zero-order valence-corrected chi connectivity index (χ0v) is 11.7. The number of ether oxygens (including phenoxy) is 1. The number of esters is 1. The van der Waals surface area contributed by atoms with Crippen LogP contribution in [0.2, 0.25) is 0 Å². The molecule has 0 aromatic rings. The number of nitrogens with zero attached hydrogens (tertiary/aromatic N) is 1. The minimum atomic E-state index is -0.572. The van der Waals surface area contributed by atoms with Gasteiger partial charge in [0, 0.05) is 37.7 Å². The summed E-state index contributed by atoms with van der Waals surface area (Å²) < 4.78 is 5.09. The van der Waals surface area contributed by atoms with Crippen molar-refractivity contribution in [1.82, 2.24) is 4.90 Å². The molecule has 19 heavy (non-hydrogen) atoms. The molecular weight excluding hydrogens is 246 g/mol. The van der Waals surface area contributed by atoms with Crippen molar-refractivity contribution in [2.75, 3.05) is 6.54 Å². The third-order valence-electron chi connectivity index (χ3n) is 2.41. The van der Waals surface area contributed by atoms with Crippen molar-refractivity contribution in [2.24, 2.45) is 0 Å². The van der Waals surface area contributed by atoms with E-state index in [0.29, 0.717) is 12.1 Å². The normalized spacial score (nSPS) is 16.5. The van der Waals surface area contributed by atoms with Gasteiger partial charge >= 0.3 is 5.97 Å².